The van der Waals surface area contributed by atoms with Crippen LogP contribution in [-0.4, -0.2) is 28.1 Å². The molecule has 4 rings (SSSR count). The van der Waals surface area contributed by atoms with Gasteiger partial charge in [-0.3, -0.25) is 4.90 Å². The van der Waals surface area contributed by atoms with Crippen molar-refractivity contribution >= 4 is 27.8 Å². The summed E-state index contributed by atoms with van der Waals surface area (Å²) in [5.74, 6) is 0. The minimum atomic E-state index is -0.497. The monoisotopic (exact) mass is 348 g/mol. The van der Waals surface area contributed by atoms with Crippen LogP contribution >= 0.6 is 0 Å². The minimum Gasteiger partial charge on any atom is -0.444 e. The Morgan fingerprint density at radius 1 is 1.04 bits per heavy atom. The molecule has 1 atom stereocenters. The van der Waals surface area contributed by atoms with Gasteiger partial charge in [-0.15, -0.1) is 0 Å². The van der Waals surface area contributed by atoms with Crippen molar-refractivity contribution in [2.75, 3.05) is 6.54 Å². The molecule has 3 aromatic rings. The van der Waals surface area contributed by atoms with Gasteiger partial charge in [-0.1, -0.05) is 42.5 Å². The van der Waals surface area contributed by atoms with Crippen LogP contribution in [0.25, 0.3) is 21.7 Å². The molecule has 1 aromatic heterocycles. The van der Waals surface area contributed by atoms with Crippen LogP contribution in [0.2, 0.25) is 0 Å². The van der Waals surface area contributed by atoms with Gasteiger partial charge < -0.3 is 4.74 Å². The van der Waals surface area contributed by atoms with Crippen LogP contribution in [0.1, 0.15) is 45.3 Å². The summed E-state index contributed by atoms with van der Waals surface area (Å²) in [6.45, 7) is 6.42. The number of nitrogens with zero attached hydrogens (tertiary/aromatic N) is 2. The van der Waals surface area contributed by atoms with E-state index in [4.69, 9.17) is 9.72 Å². The number of likely N-dealkylation sites (tertiary alicyclic amines) is 1. The molecule has 0 radical (unpaired) electrons. The van der Waals surface area contributed by atoms with Crippen molar-refractivity contribution in [1.29, 1.82) is 0 Å². The zero-order valence-electron chi connectivity index (χ0n) is 15.5. The molecule has 134 valence electrons. The van der Waals surface area contributed by atoms with Gasteiger partial charge in [0.2, 0.25) is 0 Å². The number of pyridine rings is 1. The van der Waals surface area contributed by atoms with E-state index in [0.29, 0.717) is 6.54 Å². The number of hydrogen-bond acceptors (Lipinski definition) is 3. The highest BCUT2D eigenvalue weighted by Crippen LogP contribution is 2.37. The van der Waals surface area contributed by atoms with E-state index in [0.717, 1.165) is 34.8 Å². The Labute approximate surface area is 153 Å². The van der Waals surface area contributed by atoms with E-state index in [-0.39, 0.29) is 12.1 Å². The number of aromatic nitrogens is 1. The summed E-state index contributed by atoms with van der Waals surface area (Å²) in [5, 5.41) is 3.45. The molecule has 0 aliphatic carbocycles. The second-order valence-corrected chi connectivity index (χ2v) is 7.89. The van der Waals surface area contributed by atoms with Crippen molar-refractivity contribution in [1.82, 2.24) is 9.88 Å². The number of hydrogen-bond donors (Lipinski definition) is 0. The van der Waals surface area contributed by atoms with Crippen molar-refractivity contribution in [2.24, 2.45) is 0 Å². The topological polar surface area (TPSA) is 42.4 Å². The van der Waals surface area contributed by atoms with E-state index in [2.05, 4.69) is 24.3 Å². The molecule has 1 amide bonds. The second kappa shape index (κ2) is 6.27. The smallest absolute Gasteiger partial charge is 0.410 e. The third-order valence-electron chi connectivity index (χ3n) is 4.83. The molecule has 0 unspecified atom stereocenters. The van der Waals surface area contributed by atoms with Gasteiger partial charge >= 0.3 is 6.09 Å². The largest absolute Gasteiger partial charge is 0.444 e. The highest BCUT2D eigenvalue weighted by Gasteiger charge is 2.35. The highest BCUT2D eigenvalue weighted by atomic mass is 16.6. The lowest BCUT2D eigenvalue weighted by molar-refractivity contribution is 0.0223. The molecule has 2 heterocycles. The van der Waals surface area contributed by atoms with E-state index in [1.165, 1.54) is 5.39 Å². The fourth-order valence-corrected chi connectivity index (χ4v) is 3.77. The number of fused-ring (bicyclic) bond motifs is 3. The predicted octanol–water partition coefficient (Wildman–Crippen LogP) is 5.46. The Hall–Kier alpha value is -2.62. The van der Waals surface area contributed by atoms with Gasteiger partial charge in [-0.25, -0.2) is 9.78 Å². The number of benzene rings is 2. The molecule has 0 saturated carbocycles. The number of ether oxygens (including phenoxy) is 1. The van der Waals surface area contributed by atoms with E-state index in [1.54, 1.807) is 0 Å². The van der Waals surface area contributed by atoms with Crippen LogP contribution in [0.5, 0.6) is 0 Å². The van der Waals surface area contributed by atoms with Gasteiger partial charge in [0.05, 0.1) is 17.3 Å². The first-order valence-corrected chi connectivity index (χ1v) is 9.21. The summed E-state index contributed by atoms with van der Waals surface area (Å²) in [6.07, 6.45) is 1.63. The van der Waals surface area contributed by atoms with Gasteiger partial charge in [-0.05, 0) is 45.1 Å². The average molecular weight is 348 g/mol. The second-order valence-electron chi connectivity index (χ2n) is 7.89. The quantitative estimate of drug-likeness (QED) is 0.548. The molecular weight excluding hydrogens is 324 g/mol. The number of rotatable bonds is 1. The lowest BCUT2D eigenvalue weighted by atomic mass is 9.99. The van der Waals surface area contributed by atoms with E-state index < -0.39 is 5.60 Å². The predicted molar refractivity (Wildman–Crippen MR) is 104 cm³/mol. The van der Waals surface area contributed by atoms with Gasteiger partial charge in [0.25, 0.3) is 0 Å². The summed E-state index contributed by atoms with van der Waals surface area (Å²) in [4.78, 5) is 19.5. The summed E-state index contributed by atoms with van der Waals surface area (Å²) in [5.41, 5.74) is 1.45. The fraction of sp³-hybridized carbons (Fsp3) is 0.364. The zero-order valence-corrected chi connectivity index (χ0v) is 15.5. The maximum atomic E-state index is 12.7. The molecule has 4 heteroatoms. The maximum absolute atomic E-state index is 12.7. The first kappa shape index (κ1) is 16.8. The van der Waals surface area contributed by atoms with Crippen LogP contribution in [0.15, 0.2) is 48.5 Å². The van der Waals surface area contributed by atoms with Crippen LogP contribution in [0, 0.1) is 0 Å². The third-order valence-corrected chi connectivity index (χ3v) is 4.83. The lowest BCUT2D eigenvalue weighted by Crippen LogP contribution is -2.36. The van der Waals surface area contributed by atoms with E-state index in [1.807, 2.05) is 49.9 Å². The van der Waals surface area contributed by atoms with Gasteiger partial charge in [0.1, 0.15) is 5.60 Å². The molecule has 1 aliphatic rings. The van der Waals surface area contributed by atoms with Crippen LogP contribution in [0.3, 0.4) is 0 Å². The summed E-state index contributed by atoms with van der Waals surface area (Å²) >= 11 is 0. The molecule has 0 spiro atoms. The third kappa shape index (κ3) is 3.00. The minimum absolute atomic E-state index is 0.0423. The maximum Gasteiger partial charge on any atom is 0.410 e. The number of para-hydroxylation sites is 1. The van der Waals surface area contributed by atoms with Gasteiger partial charge in [0, 0.05) is 17.3 Å². The molecule has 1 fully saturated rings. The Balaban J connectivity index is 1.83. The van der Waals surface area contributed by atoms with Crippen molar-refractivity contribution in [3.8, 4) is 0 Å². The van der Waals surface area contributed by atoms with Gasteiger partial charge in [0.15, 0.2) is 0 Å². The Morgan fingerprint density at radius 2 is 1.69 bits per heavy atom. The van der Waals surface area contributed by atoms with Crippen molar-refractivity contribution < 1.29 is 9.53 Å². The lowest BCUT2D eigenvalue weighted by Gasteiger charge is -2.29. The first-order valence-electron chi connectivity index (χ1n) is 9.21. The van der Waals surface area contributed by atoms with E-state index >= 15 is 0 Å². The Bertz CT molecular complexity index is 975. The average Bonchev–Trinajstić information content (AvgIpc) is 3.09. The molecule has 26 heavy (non-hydrogen) atoms. The SMILES string of the molecule is CC(C)(C)OC(=O)N1CCC[C@@H]1c1nc2ccccc2c2ccccc12. The van der Waals surface area contributed by atoms with Crippen molar-refractivity contribution in [3.05, 3.63) is 54.2 Å². The fourth-order valence-electron chi connectivity index (χ4n) is 3.77. The molecule has 0 bridgehead atoms. The summed E-state index contributed by atoms with van der Waals surface area (Å²) < 4.78 is 5.63. The summed E-state index contributed by atoms with van der Waals surface area (Å²) in [6, 6.07) is 16.5. The Kier molecular flexibility index (Phi) is 4.06. The zero-order chi connectivity index (χ0) is 18.3. The highest BCUT2D eigenvalue weighted by molar-refractivity contribution is 6.06. The number of amides is 1. The number of carbonyl (C=O) groups excluding carboxylic acids is 1. The van der Waals surface area contributed by atoms with E-state index in [9.17, 15) is 4.79 Å². The standard InChI is InChI=1S/C22H24N2O2/c1-22(2,3)26-21(25)24-14-8-13-19(24)20-17-11-5-4-9-15(17)16-10-6-7-12-18(16)23-20/h4-7,9-12,19H,8,13-14H2,1-3H3/t19-/m1/s1. The van der Waals surface area contributed by atoms with Crippen molar-refractivity contribution in [2.45, 2.75) is 45.3 Å². The molecule has 4 nitrogen and oxygen atoms in total. The van der Waals surface area contributed by atoms with Crippen LogP contribution in [0.4, 0.5) is 4.79 Å². The molecule has 0 N–H and O–H groups in total. The normalized spacial score (nSPS) is 17.8. The molecule has 1 aliphatic heterocycles. The molecular formula is C22H24N2O2. The van der Waals surface area contributed by atoms with Crippen LogP contribution in [-0.2, 0) is 4.74 Å². The molecule has 1 saturated heterocycles. The summed E-state index contributed by atoms with van der Waals surface area (Å²) in [7, 11) is 0. The molecule has 2 aromatic carbocycles. The van der Waals surface area contributed by atoms with Gasteiger partial charge in [-0.2, -0.15) is 0 Å². The number of carbonyl (C=O) groups is 1. The first-order chi connectivity index (χ1) is 12.4. The van der Waals surface area contributed by atoms with Crippen LogP contribution < -0.4 is 0 Å². The van der Waals surface area contributed by atoms with Crippen molar-refractivity contribution in [3.63, 3.8) is 0 Å². The Morgan fingerprint density at radius 3 is 2.42 bits per heavy atom.